The van der Waals surface area contributed by atoms with E-state index < -0.39 is 16.1 Å². The maximum absolute atomic E-state index is 12.1. The van der Waals surface area contributed by atoms with Gasteiger partial charge >= 0.3 is 6.09 Å². The van der Waals surface area contributed by atoms with Crippen molar-refractivity contribution in [2.45, 2.75) is 82.6 Å². The normalized spacial score (nSPS) is 12.6. The average molecular weight is 370 g/mol. The lowest BCUT2D eigenvalue weighted by molar-refractivity contribution is 0.0935. The average Bonchev–Trinajstić information content (AvgIpc) is 2.60. The number of ether oxygens (including phenoxy) is 1. The molecule has 1 amide bonds. The van der Waals surface area contributed by atoms with Gasteiger partial charge in [0.25, 0.3) is 10.0 Å². The first-order valence-corrected chi connectivity index (χ1v) is 10.8. The highest BCUT2D eigenvalue weighted by molar-refractivity contribution is 7.90. The van der Waals surface area contributed by atoms with Crippen molar-refractivity contribution >= 4 is 16.1 Å². The van der Waals surface area contributed by atoms with Crippen molar-refractivity contribution < 1.29 is 17.9 Å². The van der Waals surface area contributed by atoms with Gasteiger partial charge in [0.05, 0.1) is 4.90 Å². The smallest absolute Gasteiger partial charge is 0.421 e. The van der Waals surface area contributed by atoms with Gasteiger partial charge in [-0.15, -0.1) is 0 Å². The molecule has 1 aromatic rings. The van der Waals surface area contributed by atoms with E-state index in [0.717, 1.165) is 19.3 Å². The molecule has 1 atom stereocenters. The van der Waals surface area contributed by atoms with Crippen molar-refractivity contribution in [1.29, 1.82) is 0 Å². The number of benzene rings is 1. The van der Waals surface area contributed by atoms with Gasteiger partial charge in [-0.3, -0.25) is 0 Å². The summed E-state index contributed by atoms with van der Waals surface area (Å²) in [7, 11) is -3.88. The van der Waals surface area contributed by atoms with Crippen LogP contribution in [0.25, 0.3) is 0 Å². The molecule has 1 N–H and O–H groups in total. The fourth-order valence-electron chi connectivity index (χ4n) is 2.62. The Kier molecular flexibility index (Phi) is 10.2. The first-order chi connectivity index (χ1) is 12.0. The molecule has 0 aliphatic carbocycles. The molecule has 142 valence electrons. The van der Waals surface area contributed by atoms with Crippen molar-refractivity contribution in [2.75, 3.05) is 0 Å². The number of unbranched alkanes of at least 4 members (excludes halogenated alkanes) is 6. The summed E-state index contributed by atoms with van der Waals surface area (Å²) in [6, 6.07) is 7.80. The van der Waals surface area contributed by atoms with Crippen molar-refractivity contribution in [2.24, 2.45) is 0 Å². The van der Waals surface area contributed by atoms with E-state index in [0.29, 0.717) is 6.42 Å². The van der Waals surface area contributed by atoms with Crippen LogP contribution in [0.3, 0.4) is 0 Å². The predicted molar refractivity (Wildman–Crippen MR) is 99.9 cm³/mol. The number of carbonyl (C=O) groups excluding carboxylic acids is 1. The molecule has 0 saturated carbocycles. The van der Waals surface area contributed by atoms with Gasteiger partial charge in [0.2, 0.25) is 0 Å². The summed E-state index contributed by atoms with van der Waals surface area (Å²) < 4.78 is 31.4. The van der Waals surface area contributed by atoms with Crippen LogP contribution in [-0.2, 0) is 14.8 Å². The van der Waals surface area contributed by atoms with Crippen LogP contribution in [0.5, 0.6) is 0 Å². The lowest BCUT2D eigenvalue weighted by Crippen LogP contribution is -2.33. The highest BCUT2D eigenvalue weighted by Gasteiger charge is 2.20. The van der Waals surface area contributed by atoms with Gasteiger partial charge in [0.15, 0.2) is 0 Å². The molecule has 6 heteroatoms. The minimum Gasteiger partial charge on any atom is -0.446 e. The summed E-state index contributed by atoms with van der Waals surface area (Å²) in [5, 5.41) is 0. The molecule has 0 saturated heterocycles. The van der Waals surface area contributed by atoms with Crippen LogP contribution in [0.4, 0.5) is 4.79 Å². The van der Waals surface area contributed by atoms with E-state index in [1.807, 2.05) is 11.6 Å². The standard InChI is InChI=1S/C19H31NO4S/c1-3-5-6-7-8-9-11-14-17(4-2)24-19(21)20-25(22,23)18-15-12-10-13-16-18/h10,12-13,15-17H,3-9,11,14H2,1-2H3,(H,20,21). The number of carbonyl (C=O) groups is 1. The van der Waals surface area contributed by atoms with E-state index in [9.17, 15) is 13.2 Å². The zero-order valence-electron chi connectivity index (χ0n) is 15.4. The Labute approximate surface area is 152 Å². The summed E-state index contributed by atoms with van der Waals surface area (Å²) in [4.78, 5) is 11.9. The lowest BCUT2D eigenvalue weighted by atomic mass is 10.1. The molecule has 0 fully saturated rings. The zero-order chi connectivity index (χ0) is 18.5. The van der Waals surface area contributed by atoms with Crippen molar-refractivity contribution in [3.63, 3.8) is 0 Å². The van der Waals surface area contributed by atoms with E-state index in [1.165, 1.54) is 44.2 Å². The largest absolute Gasteiger partial charge is 0.446 e. The van der Waals surface area contributed by atoms with E-state index >= 15 is 0 Å². The Hall–Kier alpha value is -1.56. The molecule has 0 aliphatic heterocycles. The van der Waals surface area contributed by atoms with E-state index in [-0.39, 0.29) is 11.0 Å². The second-order valence-electron chi connectivity index (χ2n) is 6.26. The van der Waals surface area contributed by atoms with Gasteiger partial charge in [-0.05, 0) is 31.4 Å². The summed E-state index contributed by atoms with van der Waals surface area (Å²) in [6.45, 7) is 4.14. The summed E-state index contributed by atoms with van der Waals surface area (Å²) in [6.07, 6.45) is 8.66. The number of hydrogen-bond acceptors (Lipinski definition) is 4. The highest BCUT2D eigenvalue weighted by Crippen LogP contribution is 2.14. The number of rotatable bonds is 12. The number of amides is 1. The number of nitrogens with one attached hydrogen (secondary N) is 1. The third kappa shape index (κ3) is 8.91. The van der Waals surface area contributed by atoms with E-state index in [1.54, 1.807) is 18.2 Å². The maximum Gasteiger partial charge on any atom is 0.421 e. The number of sulfonamides is 1. The van der Waals surface area contributed by atoms with Crippen LogP contribution in [0, 0.1) is 0 Å². The van der Waals surface area contributed by atoms with Crippen LogP contribution in [0.1, 0.15) is 71.6 Å². The van der Waals surface area contributed by atoms with Gasteiger partial charge in [0, 0.05) is 0 Å². The first-order valence-electron chi connectivity index (χ1n) is 9.28. The SMILES string of the molecule is CCCCCCCCCC(CC)OC(=O)NS(=O)(=O)c1ccccc1. The monoisotopic (exact) mass is 369 g/mol. The minimum absolute atomic E-state index is 0.0482. The molecule has 25 heavy (non-hydrogen) atoms. The molecule has 0 bridgehead atoms. The molecule has 0 radical (unpaired) electrons. The molecule has 5 nitrogen and oxygen atoms in total. The second kappa shape index (κ2) is 11.9. The van der Waals surface area contributed by atoms with Gasteiger partial charge in [-0.2, -0.15) is 0 Å². The fourth-order valence-corrected chi connectivity index (χ4v) is 3.52. The maximum atomic E-state index is 12.1. The number of hydrogen-bond donors (Lipinski definition) is 1. The van der Waals surface area contributed by atoms with E-state index in [2.05, 4.69) is 6.92 Å². The Morgan fingerprint density at radius 1 is 1.00 bits per heavy atom. The first kappa shape index (κ1) is 21.5. The molecule has 0 aliphatic rings. The summed E-state index contributed by atoms with van der Waals surface area (Å²) in [5.74, 6) is 0. The Morgan fingerprint density at radius 2 is 1.60 bits per heavy atom. The Bertz CT molecular complexity index is 587. The Balaban J connectivity index is 2.33. The van der Waals surface area contributed by atoms with Crippen LogP contribution in [0.2, 0.25) is 0 Å². The topological polar surface area (TPSA) is 72.5 Å². The minimum atomic E-state index is -3.88. The summed E-state index contributed by atoms with van der Waals surface area (Å²) >= 11 is 0. The molecule has 0 aromatic heterocycles. The van der Waals surface area contributed by atoms with Crippen LogP contribution in [-0.4, -0.2) is 20.6 Å². The quantitative estimate of drug-likeness (QED) is 0.525. The van der Waals surface area contributed by atoms with Gasteiger partial charge in [0.1, 0.15) is 6.10 Å². The third-order valence-electron chi connectivity index (χ3n) is 4.13. The molecule has 1 unspecified atom stereocenters. The van der Waals surface area contributed by atoms with Crippen LogP contribution in [0.15, 0.2) is 35.2 Å². The van der Waals surface area contributed by atoms with Crippen LogP contribution >= 0.6 is 0 Å². The predicted octanol–water partition coefficient (Wildman–Crippen LogP) is 5.02. The molecule has 1 aromatic carbocycles. The molecule has 0 heterocycles. The molecular weight excluding hydrogens is 338 g/mol. The lowest BCUT2D eigenvalue weighted by Gasteiger charge is -2.16. The molecule has 0 spiro atoms. The highest BCUT2D eigenvalue weighted by atomic mass is 32.2. The van der Waals surface area contributed by atoms with Crippen molar-refractivity contribution in [3.8, 4) is 0 Å². The van der Waals surface area contributed by atoms with E-state index in [4.69, 9.17) is 4.74 Å². The third-order valence-corrected chi connectivity index (χ3v) is 5.46. The Morgan fingerprint density at radius 3 is 2.20 bits per heavy atom. The van der Waals surface area contributed by atoms with Crippen molar-refractivity contribution in [3.05, 3.63) is 30.3 Å². The van der Waals surface area contributed by atoms with Gasteiger partial charge < -0.3 is 4.74 Å². The van der Waals surface area contributed by atoms with Crippen LogP contribution < -0.4 is 4.72 Å². The summed E-state index contributed by atoms with van der Waals surface area (Å²) in [5.41, 5.74) is 0. The molecular formula is C19H31NO4S. The second-order valence-corrected chi connectivity index (χ2v) is 7.95. The fraction of sp³-hybridized carbons (Fsp3) is 0.632. The zero-order valence-corrected chi connectivity index (χ0v) is 16.2. The molecule has 1 rings (SSSR count). The van der Waals surface area contributed by atoms with Crippen molar-refractivity contribution in [1.82, 2.24) is 4.72 Å². The van der Waals surface area contributed by atoms with Gasteiger partial charge in [-0.1, -0.05) is 70.6 Å². The van der Waals surface area contributed by atoms with Gasteiger partial charge in [-0.25, -0.2) is 17.9 Å².